The number of carboxylic acids is 1. The number of thiazole rings is 1. The van der Waals surface area contributed by atoms with Crippen molar-refractivity contribution in [2.24, 2.45) is 0 Å². The van der Waals surface area contributed by atoms with Gasteiger partial charge in [-0.3, -0.25) is 9.59 Å². The molecule has 1 aromatic heterocycles. The van der Waals surface area contributed by atoms with Gasteiger partial charge in [-0.15, -0.1) is 11.3 Å². The maximum atomic E-state index is 12.1. The molecule has 162 valence electrons. The van der Waals surface area contributed by atoms with Crippen molar-refractivity contribution in [2.45, 2.75) is 26.4 Å². The molecule has 1 atom stereocenters. The number of hydrogen-bond acceptors (Lipinski definition) is 5. The number of anilines is 1. The molecule has 9 heteroatoms. The number of aromatic nitrogens is 1. The SMILES string of the molecule is CCN(Cc1ccc(C(=O)NC(C)C(=O)O)cc1)c1nc(-c2ccc(Cl)c(Cl)c2)cs1. The molecule has 0 saturated carbocycles. The van der Waals surface area contributed by atoms with Crippen LogP contribution < -0.4 is 10.2 Å². The fourth-order valence-corrected chi connectivity index (χ4v) is 4.03. The second kappa shape index (κ2) is 10.1. The molecular weight excluding hydrogens is 457 g/mol. The number of aliphatic carboxylic acids is 1. The van der Waals surface area contributed by atoms with E-state index in [4.69, 9.17) is 33.3 Å². The monoisotopic (exact) mass is 477 g/mol. The summed E-state index contributed by atoms with van der Waals surface area (Å²) in [5.74, 6) is -1.49. The van der Waals surface area contributed by atoms with Crippen LogP contribution in [0.1, 0.15) is 29.8 Å². The third-order valence-electron chi connectivity index (χ3n) is 4.67. The largest absolute Gasteiger partial charge is 0.480 e. The van der Waals surface area contributed by atoms with Gasteiger partial charge in [-0.2, -0.15) is 0 Å². The summed E-state index contributed by atoms with van der Waals surface area (Å²) < 4.78 is 0. The normalized spacial score (nSPS) is 11.7. The average Bonchev–Trinajstić information content (AvgIpc) is 3.24. The van der Waals surface area contributed by atoms with Gasteiger partial charge in [0.2, 0.25) is 0 Å². The van der Waals surface area contributed by atoms with E-state index < -0.39 is 17.9 Å². The number of carbonyl (C=O) groups is 2. The summed E-state index contributed by atoms with van der Waals surface area (Å²) in [6.07, 6.45) is 0. The quantitative estimate of drug-likeness (QED) is 0.456. The summed E-state index contributed by atoms with van der Waals surface area (Å²) in [5.41, 5.74) is 3.16. The molecule has 0 bridgehead atoms. The van der Waals surface area contributed by atoms with Gasteiger partial charge in [-0.1, -0.05) is 41.4 Å². The first-order chi connectivity index (χ1) is 14.8. The standard InChI is InChI=1S/C22H21Cl2N3O3S/c1-3-27(22-26-19(12-31-22)16-8-9-17(23)18(24)10-16)11-14-4-6-15(7-5-14)20(28)25-13(2)21(29)30/h4-10,12-13H,3,11H2,1-2H3,(H,25,28)(H,29,30). The lowest BCUT2D eigenvalue weighted by Gasteiger charge is -2.20. The van der Waals surface area contributed by atoms with E-state index in [1.807, 2.05) is 23.6 Å². The first kappa shape index (κ1) is 23.1. The zero-order valence-corrected chi connectivity index (χ0v) is 19.3. The molecule has 1 unspecified atom stereocenters. The second-order valence-electron chi connectivity index (χ2n) is 6.89. The lowest BCUT2D eigenvalue weighted by Crippen LogP contribution is -2.38. The van der Waals surface area contributed by atoms with Crippen molar-refractivity contribution in [2.75, 3.05) is 11.4 Å². The molecule has 0 aliphatic heterocycles. The van der Waals surface area contributed by atoms with E-state index in [0.29, 0.717) is 22.2 Å². The molecule has 31 heavy (non-hydrogen) atoms. The van der Waals surface area contributed by atoms with Crippen molar-refractivity contribution < 1.29 is 14.7 Å². The number of amides is 1. The van der Waals surface area contributed by atoms with Crippen LogP contribution >= 0.6 is 34.5 Å². The van der Waals surface area contributed by atoms with Crippen LogP contribution in [0, 0.1) is 0 Å². The summed E-state index contributed by atoms with van der Waals surface area (Å²) in [6.45, 7) is 4.86. The van der Waals surface area contributed by atoms with Gasteiger partial charge >= 0.3 is 5.97 Å². The Labute approximate surface area is 194 Å². The molecule has 0 aliphatic carbocycles. The maximum absolute atomic E-state index is 12.1. The Bertz CT molecular complexity index is 1090. The molecule has 1 heterocycles. The van der Waals surface area contributed by atoms with Crippen LogP contribution in [-0.4, -0.2) is 34.6 Å². The van der Waals surface area contributed by atoms with Crippen LogP contribution in [0.4, 0.5) is 5.13 Å². The third kappa shape index (κ3) is 5.76. The smallest absolute Gasteiger partial charge is 0.325 e. The van der Waals surface area contributed by atoms with E-state index in [0.717, 1.165) is 28.5 Å². The zero-order valence-electron chi connectivity index (χ0n) is 16.9. The van der Waals surface area contributed by atoms with Crippen molar-refractivity contribution in [3.63, 3.8) is 0 Å². The lowest BCUT2D eigenvalue weighted by atomic mass is 10.1. The summed E-state index contributed by atoms with van der Waals surface area (Å²) >= 11 is 13.7. The molecular formula is C22H21Cl2N3O3S. The second-order valence-corrected chi connectivity index (χ2v) is 8.54. The summed E-state index contributed by atoms with van der Waals surface area (Å²) in [4.78, 5) is 29.9. The number of rotatable bonds is 8. The average molecular weight is 478 g/mol. The number of halogens is 2. The predicted molar refractivity (Wildman–Crippen MR) is 125 cm³/mol. The van der Waals surface area contributed by atoms with Crippen molar-refractivity contribution in [1.29, 1.82) is 0 Å². The molecule has 2 N–H and O–H groups in total. The number of hydrogen-bond donors (Lipinski definition) is 2. The zero-order chi connectivity index (χ0) is 22.5. The lowest BCUT2D eigenvalue weighted by molar-refractivity contribution is -0.138. The molecule has 0 radical (unpaired) electrons. The highest BCUT2D eigenvalue weighted by Gasteiger charge is 2.16. The van der Waals surface area contributed by atoms with Crippen LogP contribution in [0.3, 0.4) is 0 Å². The number of carboxylic acid groups (broad SMARTS) is 1. The topological polar surface area (TPSA) is 82.5 Å². The van der Waals surface area contributed by atoms with Gasteiger partial charge in [0.1, 0.15) is 6.04 Å². The van der Waals surface area contributed by atoms with Gasteiger partial charge < -0.3 is 15.3 Å². The Balaban J connectivity index is 1.70. The minimum atomic E-state index is -1.08. The fraction of sp³-hybridized carbons (Fsp3) is 0.227. The summed E-state index contributed by atoms with van der Waals surface area (Å²) in [6, 6.07) is 11.6. The highest BCUT2D eigenvalue weighted by Crippen LogP contribution is 2.32. The van der Waals surface area contributed by atoms with E-state index in [-0.39, 0.29) is 0 Å². The minimum absolute atomic E-state index is 0.413. The Hall–Kier alpha value is -2.61. The molecule has 0 aliphatic rings. The first-order valence-corrected chi connectivity index (χ1v) is 11.2. The maximum Gasteiger partial charge on any atom is 0.325 e. The van der Waals surface area contributed by atoms with Gasteiger partial charge in [-0.05, 0) is 43.7 Å². The molecule has 2 aromatic carbocycles. The highest BCUT2D eigenvalue weighted by molar-refractivity contribution is 7.14. The van der Waals surface area contributed by atoms with Crippen LogP contribution in [0.15, 0.2) is 47.8 Å². The summed E-state index contributed by atoms with van der Waals surface area (Å²) in [7, 11) is 0. The van der Waals surface area contributed by atoms with E-state index in [9.17, 15) is 9.59 Å². The molecule has 0 fully saturated rings. The Morgan fingerprint density at radius 1 is 1.16 bits per heavy atom. The Morgan fingerprint density at radius 3 is 2.48 bits per heavy atom. The van der Waals surface area contributed by atoms with Crippen LogP contribution in [0.5, 0.6) is 0 Å². The molecule has 3 rings (SSSR count). The van der Waals surface area contributed by atoms with Crippen LogP contribution in [-0.2, 0) is 11.3 Å². The van der Waals surface area contributed by atoms with Crippen molar-refractivity contribution in [3.05, 3.63) is 69.0 Å². The van der Waals surface area contributed by atoms with Gasteiger partial charge in [0.25, 0.3) is 5.91 Å². The van der Waals surface area contributed by atoms with E-state index in [1.165, 1.54) is 6.92 Å². The molecule has 6 nitrogen and oxygen atoms in total. The number of benzene rings is 2. The Morgan fingerprint density at radius 2 is 1.87 bits per heavy atom. The van der Waals surface area contributed by atoms with Crippen molar-refractivity contribution in [1.82, 2.24) is 10.3 Å². The van der Waals surface area contributed by atoms with Gasteiger partial charge in [0.15, 0.2) is 5.13 Å². The molecule has 0 saturated heterocycles. The van der Waals surface area contributed by atoms with Gasteiger partial charge in [0, 0.05) is 29.6 Å². The Kier molecular flexibility index (Phi) is 7.54. The third-order valence-corrected chi connectivity index (χ3v) is 6.31. The van der Waals surface area contributed by atoms with Gasteiger partial charge in [-0.25, -0.2) is 4.98 Å². The number of nitrogens with one attached hydrogen (secondary N) is 1. The summed E-state index contributed by atoms with van der Waals surface area (Å²) in [5, 5.41) is 15.2. The predicted octanol–water partition coefficient (Wildman–Crippen LogP) is 5.35. The van der Waals surface area contributed by atoms with Crippen molar-refractivity contribution >= 4 is 51.5 Å². The van der Waals surface area contributed by atoms with Crippen LogP contribution in [0.25, 0.3) is 11.3 Å². The minimum Gasteiger partial charge on any atom is -0.480 e. The molecule has 1 amide bonds. The van der Waals surface area contributed by atoms with Crippen LogP contribution in [0.2, 0.25) is 10.0 Å². The molecule has 0 spiro atoms. The van der Waals surface area contributed by atoms with E-state index in [1.54, 1.807) is 35.6 Å². The highest BCUT2D eigenvalue weighted by atomic mass is 35.5. The first-order valence-electron chi connectivity index (χ1n) is 9.57. The van der Waals surface area contributed by atoms with Crippen molar-refractivity contribution in [3.8, 4) is 11.3 Å². The number of carbonyl (C=O) groups excluding carboxylic acids is 1. The number of nitrogens with zero attached hydrogens (tertiary/aromatic N) is 2. The fourth-order valence-electron chi connectivity index (χ4n) is 2.84. The van der Waals surface area contributed by atoms with Gasteiger partial charge in [0.05, 0.1) is 15.7 Å². The molecule has 3 aromatic rings. The van der Waals surface area contributed by atoms with E-state index >= 15 is 0 Å². The van der Waals surface area contributed by atoms with E-state index in [2.05, 4.69) is 17.1 Å².